The van der Waals surface area contributed by atoms with Crippen LogP contribution < -0.4 is 0 Å². The second kappa shape index (κ2) is 2.18. The summed E-state index contributed by atoms with van der Waals surface area (Å²) in [6, 6.07) is 1.84. The molecule has 0 atom stereocenters. The maximum atomic E-state index is 5.73. The Morgan fingerprint density at radius 1 is 1.50 bits per heavy atom. The number of fused-ring (bicyclic) bond motifs is 1. The number of hydrogen-bond acceptors (Lipinski definition) is 3. The van der Waals surface area contributed by atoms with Crippen LogP contribution in [0.4, 0.5) is 0 Å². The molecule has 0 fully saturated rings. The number of rotatable bonds is 0. The van der Waals surface area contributed by atoms with Crippen molar-refractivity contribution in [2.24, 2.45) is 0 Å². The average molecular weight is 171 g/mol. The minimum absolute atomic E-state index is 0.760. The molecule has 50 valence electrons. The zero-order valence-electron chi connectivity index (χ0n) is 4.91. The van der Waals surface area contributed by atoms with Crippen molar-refractivity contribution in [1.82, 2.24) is 9.97 Å². The molecule has 0 aliphatic heterocycles. The monoisotopic (exact) mass is 170 g/mol. The van der Waals surface area contributed by atoms with Crippen LogP contribution in [0.15, 0.2) is 18.6 Å². The number of aromatic nitrogens is 2. The summed E-state index contributed by atoms with van der Waals surface area (Å²) >= 11 is 7.23. The molecule has 0 spiro atoms. The molecule has 0 radical (unpaired) electrons. The molecule has 0 aliphatic carbocycles. The standard InChI is InChI=1S/C6H3ClN2S/c7-6-1-4-5(10-6)2-8-3-9-4/h1-3H. The predicted octanol–water partition coefficient (Wildman–Crippen LogP) is 2.34. The summed E-state index contributed by atoms with van der Waals surface area (Å²) in [5.74, 6) is 0. The highest BCUT2D eigenvalue weighted by molar-refractivity contribution is 7.22. The zero-order valence-corrected chi connectivity index (χ0v) is 6.49. The van der Waals surface area contributed by atoms with Gasteiger partial charge in [0, 0.05) is 6.20 Å². The van der Waals surface area contributed by atoms with Gasteiger partial charge in [-0.05, 0) is 6.07 Å². The van der Waals surface area contributed by atoms with Crippen molar-refractivity contribution in [2.75, 3.05) is 0 Å². The molecule has 0 bridgehead atoms. The van der Waals surface area contributed by atoms with Crippen LogP contribution in [0.2, 0.25) is 4.34 Å². The van der Waals surface area contributed by atoms with Crippen LogP contribution in [0.3, 0.4) is 0 Å². The van der Waals surface area contributed by atoms with Crippen molar-refractivity contribution in [1.29, 1.82) is 0 Å². The lowest BCUT2D eigenvalue weighted by atomic mass is 10.5. The highest BCUT2D eigenvalue weighted by Crippen LogP contribution is 2.26. The third kappa shape index (κ3) is 0.874. The second-order valence-corrected chi connectivity index (χ2v) is 3.54. The maximum Gasteiger partial charge on any atom is 0.116 e. The Labute approximate surface area is 66.5 Å². The van der Waals surface area contributed by atoms with Gasteiger partial charge in [-0.1, -0.05) is 11.6 Å². The number of halogens is 1. The molecule has 2 aromatic rings. The lowest BCUT2D eigenvalue weighted by molar-refractivity contribution is 1.23. The Bertz CT molecular complexity index is 324. The second-order valence-electron chi connectivity index (χ2n) is 1.82. The maximum absolute atomic E-state index is 5.73. The fourth-order valence-corrected chi connectivity index (χ4v) is 1.82. The van der Waals surface area contributed by atoms with Gasteiger partial charge in [-0.15, -0.1) is 11.3 Å². The molecular weight excluding hydrogens is 168 g/mol. The van der Waals surface area contributed by atoms with E-state index in [1.165, 1.54) is 17.7 Å². The SMILES string of the molecule is Clc1cc2ncncc2s1. The molecule has 0 N–H and O–H groups in total. The van der Waals surface area contributed by atoms with Crippen LogP contribution in [0.1, 0.15) is 0 Å². The fourth-order valence-electron chi connectivity index (χ4n) is 0.755. The molecule has 2 nitrogen and oxygen atoms in total. The first-order valence-corrected chi connectivity index (χ1v) is 3.91. The summed E-state index contributed by atoms with van der Waals surface area (Å²) in [6.07, 6.45) is 3.28. The molecule has 2 aromatic heterocycles. The Kier molecular flexibility index (Phi) is 1.32. The van der Waals surface area contributed by atoms with E-state index in [0.717, 1.165) is 14.6 Å². The first-order valence-electron chi connectivity index (χ1n) is 2.71. The number of nitrogens with zero attached hydrogens (tertiary/aromatic N) is 2. The molecule has 2 rings (SSSR count). The van der Waals surface area contributed by atoms with E-state index in [4.69, 9.17) is 11.6 Å². The quantitative estimate of drug-likeness (QED) is 0.607. The summed E-state index contributed by atoms with van der Waals surface area (Å²) in [5.41, 5.74) is 0.921. The molecule has 4 heteroatoms. The Hall–Kier alpha value is -0.670. The van der Waals surface area contributed by atoms with Gasteiger partial charge in [0.05, 0.1) is 14.6 Å². The van der Waals surface area contributed by atoms with Gasteiger partial charge in [0.25, 0.3) is 0 Å². The van der Waals surface area contributed by atoms with Crippen molar-refractivity contribution >= 4 is 33.2 Å². The van der Waals surface area contributed by atoms with Crippen molar-refractivity contribution in [2.45, 2.75) is 0 Å². The summed E-state index contributed by atoms with van der Waals surface area (Å²) in [4.78, 5) is 7.88. The lowest BCUT2D eigenvalue weighted by Gasteiger charge is -1.80. The van der Waals surface area contributed by atoms with Gasteiger partial charge in [-0.25, -0.2) is 9.97 Å². The van der Waals surface area contributed by atoms with Crippen LogP contribution in [-0.4, -0.2) is 9.97 Å². The normalized spacial score (nSPS) is 10.5. The van der Waals surface area contributed by atoms with E-state index in [-0.39, 0.29) is 0 Å². The smallest absolute Gasteiger partial charge is 0.116 e. The topological polar surface area (TPSA) is 25.8 Å². The van der Waals surface area contributed by atoms with Crippen LogP contribution in [0, 0.1) is 0 Å². The van der Waals surface area contributed by atoms with Crippen molar-refractivity contribution < 1.29 is 0 Å². The van der Waals surface area contributed by atoms with E-state index in [2.05, 4.69) is 9.97 Å². The number of hydrogen-bond donors (Lipinski definition) is 0. The van der Waals surface area contributed by atoms with E-state index >= 15 is 0 Å². The minimum atomic E-state index is 0.760. The largest absolute Gasteiger partial charge is 0.243 e. The third-order valence-electron chi connectivity index (χ3n) is 1.17. The average Bonchev–Trinajstić information content (AvgIpc) is 2.27. The summed E-state index contributed by atoms with van der Waals surface area (Å²) in [5, 5.41) is 0. The van der Waals surface area contributed by atoms with E-state index in [0.29, 0.717) is 0 Å². The molecule has 10 heavy (non-hydrogen) atoms. The lowest BCUT2D eigenvalue weighted by Crippen LogP contribution is -1.72. The molecule has 2 heterocycles. The first kappa shape index (κ1) is 6.07. The third-order valence-corrected chi connectivity index (χ3v) is 2.35. The molecule has 0 aromatic carbocycles. The van der Waals surface area contributed by atoms with Gasteiger partial charge < -0.3 is 0 Å². The number of thiophene rings is 1. The van der Waals surface area contributed by atoms with Gasteiger partial charge >= 0.3 is 0 Å². The molecule has 0 amide bonds. The molecule has 0 unspecified atom stereocenters. The van der Waals surface area contributed by atoms with Gasteiger partial charge in [-0.2, -0.15) is 0 Å². The summed E-state index contributed by atoms with van der Waals surface area (Å²) in [7, 11) is 0. The Balaban J connectivity index is 2.88. The molecular formula is C6H3ClN2S. The van der Waals surface area contributed by atoms with Gasteiger partial charge in [0.15, 0.2) is 0 Å². The Morgan fingerprint density at radius 3 is 3.20 bits per heavy atom. The van der Waals surface area contributed by atoms with Crippen molar-refractivity contribution in [3.63, 3.8) is 0 Å². The summed E-state index contributed by atoms with van der Waals surface area (Å²) in [6.45, 7) is 0. The highest BCUT2D eigenvalue weighted by Gasteiger charge is 1.97. The molecule has 0 saturated carbocycles. The van der Waals surface area contributed by atoms with Crippen molar-refractivity contribution in [3.05, 3.63) is 22.9 Å². The van der Waals surface area contributed by atoms with Crippen molar-refractivity contribution in [3.8, 4) is 0 Å². The zero-order chi connectivity index (χ0) is 6.97. The summed E-state index contributed by atoms with van der Waals surface area (Å²) < 4.78 is 1.79. The van der Waals surface area contributed by atoms with E-state index < -0.39 is 0 Å². The van der Waals surface area contributed by atoms with E-state index in [1.807, 2.05) is 6.07 Å². The van der Waals surface area contributed by atoms with E-state index in [1.54, 1.807) is 6.20 Å². The van der Waals surface area contributed by atoms with E-state index in [9.17, 15) is 0 Å². The highest BCUT2D eigenvalue weighted by atomic mass is 35.5. The van der Waals surface area contributed by atoms with Gasteiger partial charge in [0.1, 0.15) is 6.33 Å². The fraction of sp³-hybridized carbons (Fsp3) is 0. The predicted molar refractivity (Wildman–Crippen MR) is 42.4 cm³/mol. The first-order chi connectivity index (χ1) is 4.86. The Morgan fingerprint density at radius 2 is 2.40 bits per heavy atom. The molecule has 0 aliphatic rings. The van der Waals surface area contributed by atoms with Crippen LogP contribution in [-0.2, 0) is 0 Å². The van der Waals surface area contributed by atoms with Crippen LogP contribution >= 0.6 is 22.9 Å². The molecule has 0 saturated heterocycles. The van der Waals surface area contributed by atoms with Crippen LogP contribution in [0.25, 0.3) is 10.2 Å². The van der Waals surface area contributed by atoms with Crippen LogP contribution in [0.5, 0.6) is 0 Å². The van der Waals surface area contributed by atoms with Gasteiger partial charge in [-0.3, -0.25) is 0 Å². The van der Waals surface area contributed by atoms with Gasteiger partial charge in [0.2, 0.25) is 0 Å². The minimum Gasteiger partial charge on any atom is -0.243 e.